The molecule has 10 heteroatoms. The summed E-state index contributed by atoms with van der Waals surface area (Å²) in [6.07, 6.45) is -2.24. The second-order valence-electron chi connectivity index (χ2n) is 7.72. The first-order chi connectivity index (χ1) is 12.7. The second-order valence-corrected chi connectivity index (χ2v) is 7.72. The molecule has 8 atom stereocenters. The number of amides is 1. The molecule has 0 aromatic heterocycles. The molecule has 1 saturated heterocycles. The summed E-state index contributed by atoms with van der Waals surface area (Å²) >= 11 is 0. The molecule has 2 aliphatic rings. The molecule has 158 valence electrons. The maximum atomic E-state index is 12.3. The maximum absolute atomic E-state index is 12.3. The van der Waals surface area contributed by atoms with Crippen LogP contribution in [-0.4, -0.2) is 87.6 Å². The van der Waals surface area contributed by atoms with Crippen molar-refractivity contribution in [2.75, 3.05) is 13.2 Å². The van der Waals surface area contributed by atoms with Crippen LogP contribution < -0.4 is 22.5 Å². The number of rotatable bonds is 6. The fourth-order valence-electron chi connectivity index (χ4n) is 3.93. The number of carbonyl (C=O) groups excluding carboxylic acids is 1. The Kier molecular flexibility index (Phi) is 7.95. The lowest BCUT2D eigenvalue weighted by Gasteiger charge is -2.50. The Hall–Kier alpha value is -0.850. The van der Waals surface area contributed by atoms with Crippen LogP contribution in [0.25, 0.3) is 0 Å². The average Bonchev–Trinajstić information content (AvgIpc) is 2.79. The summed E-state index contributed by atoms with van der Waals surface area (Å²) in [4.78, 5) is 12.3. The maximum Gasteiger partial charge on any atom is 0.237 e. The van der Waals surface area contributed by atoms with Crippen LogP contribution >= 0.6 is 0 Å². The van der Waals surface area contributed by atoms with E-state index < -0.39 is 54.0 Å². The monoisotopic (exact) mass is 390 g/mol. The number of hydrogen-bond acceptors (Lipinski definition) is 9. The minimum Gasteiger partial charge on any atom is -0.390 e. The Balaban J connectivity index is 2.01. The molecule has 0 aromatic rings. The summed E-state index contributed by atoms with van der Waals surface area (Å²) in [6.45, 7) is 0.337. The molecular weight excluding hydrogens is 356 g/mol. The van der Waals surface area contributed by atoms with Crippen molar-refractivity contribution >= 4 is 5.91 Å². The van der Waals surface area contributed by atoms with Crippen LogP contribution in [-0.2, 0) is 9.53 Å². The van der Waals surface area contributed by atoms with Crippen LogP contribution in [0, 0.1) is 0 Å². The quantitative estimate of drug-likeness (QED) is 0.214. The Morgan fingerprint density at radius 1 is 1.22 bits per heavy atom. The number of nitrogens with one attached hydrogen (secondary N) is 1. The normalized spacial score (nSPS) is 41.1. The third-order valence-electron chi connectivity index (χ3n) is 5.80. The number of ether oxygens (including phenoxy) is 1. The van der Waals surface area contributed by atoms with Gasteiger partial charge in [-0.25, -0.2) is 0 Å². The highest BCUT2D eigenvalue weighted by atomic mass is 16.5. The number of hydrogen-bond donors (Lipinski definition) is 8. The van der Waals surface area contributed by atoms with Gasteiger partial charge in [0.05, 0.1) is 24.8 Å². The van der Waals surface area contributed by atoms with E-state index in [9.17, 15) is 25.2 Å². The highest BCUT2D eigenvalue weighted by Gasteiger charge is 2.55. The third-order valence-corrected chi connectivity index (χ3v) is 5.80. The van der Waals surface area contributed by atoms with Gasteiger partial charge in [0.15, 0.2) is 0 Å². The first-order valence-electron chi connectivity index (χ1n) is 9.60. The second kappa shape index (κ2) is 9.57. The predicted molar refractivity (Wildman–Crippen MR) is 97.3 cm³/mol. The number of carbonyl (C=O) groups is 1. The lowest BCUT2D eigenvalue weighted by atomic mass is 9.71. The number of nitrogens with two attached hydrogens (primary N) is 3. The van der Waals surface area contributed by atoms with Gasteiger partial charge in [-0.15, -0.1) is 0 Å². The van der Waals surface area contributed by atoms with E-state index in [4.69, 9.17) is 21.9 Å². The van der Waals surface area contributed by atoms with Gasteiger partial charge in [0, 0.05) is 6.04 Å². The molecule has 11 N–H and O–H groups in total. The lowest BCUT2D eigenvalue weighted by Crippen LogP contribution is -2.71. The Bertz CT molecular complexity index is 484. The molecule has 1 aliphatic heterocycles. The predicted octanol–water partition coefficient (Wildman–Crippen LogP) is -3.35. The minimum absolute atomic E-state index is 0.172. The highest BCUT2D eigenvalue weighted by Crippen LogP contribution is 2.38. The van der Waals surface area contributed by atoms with Gasteiger partial charge in [-0.2, -0.15) is 0 Å². The van der Waals surface area contributed by atoms with E-state index in [2.05, 4.69) is 5.32 Å². The third kappa shape index (κ3) is 4.96. The summed E-state index contributed by atoms with van der Waals surface area (Å²) in [7, 11) is 0. The number of aliphatic hydroxyl groups is 4. The average molecular weight is 390 g/mol. The Labute approximate surface area is 159 Å². The largest absolute Gasteiger partial charge is 0.390 e. The molecule has 1 saturated carbocycles. The smallest absolute Gasteiger partial charge is 0.237 e. The topological polar surface area (TPSA) is 197 Å². The Morgan fingerprint density at radius 2 is 1.93 bits per heavy atom. The van der Waals surface area contributed by atoms with E-state index in [-0.39, 0.29) is 25.9 Å². The summed E-state index contributed by atoms with van der Waals surface area (Å²) in [5.74, 6) is -0.418. The minimum atomic E-state index is -1.38. The van der Waals surface area contributed by atoms with Crippen LogP contribution in [0.4, 0.5) is 0 Å². The number of aliphatic hydroxyl groups excluding tert-OH is 4. The van der Waals surface area contributed by atoms with E-state index in [1.807, 2.05) is 0 Å². The zero-order valence-electron chi connectivity index (χ0n) is 15.5. The van der Waals surface area contributed by atoms with Crippen LogP contribution in [0.3, 0.4) is 0 Å². The SMILES string of the molecule is NCCCC[C@H](N)C(=O)N[C@@H]1C[C@H](N)[C@@]2(CC[C@H](O)[C@H](O)CO2)[C@H](O)[C@H]1O. The van der Waals surface area contributed by atoms with E-state index in [0.29, 0.717) is 13.0 Å². The van der Waals surface area contributed by atoms with Crippen LogP contribution in [0.1, 0.15) is 38.5 Å². The van der Waals surface area contributed by atoms with Crippen molar-refractivity contribution in [2.45, 2.75) is 86.7 Å². The molecule has 2 fully saturated rings. The standard InChI is InChI=1S/C17H34N4O6/c18-6-2-1-3-9(19)16(26)21-10-7-13(20)17(15(25)14(10)24)5-4-11(22)12(23)8-27-17/h9-15,22-25H,1-8,18-20H2,(H,21,26)/t9-,10+,11-,12+,13-,14-,15+,17-/m0/s1. The molecule has 10 nitrogen and oxygen atoms in total. The molecule has 1 aliphatic carbocycles. The molecule has 1 heterocycles. The van der Waals surface area contributed by atoms with Gasteiger partial charge in [0.2, 0.25) is 5.91 Å². The van der Waals surface area contributed by atoms with Crippen molar-refractivity contribution in [2.24, 2.45) is 17.2 Å². The van der Waals surface area contributed by atoms with E-state index >= 15 is 0 Å². The van der Waals surface area contributed by atoms with Gasteiger partial charge in [-0.3, -0.25) is 4.79 Å². The zero-order valence-corrected chi connectivity index (χ0v) is 15.5. The van der Waals surface area contributed by atoms with Crippen LogP contribution in [0.15, 0.2) is 0 Å². The van der Waals surface area contributed by atoms with Crippen molar-refractivity contribution in [3.05, 3.63) is 0 Å². The molecule has 0 aromatic carbocycles. The van der Waals surface area contributed by atoms with Gasteiger partial charge in [-0.05, 0) is 38.6 Å². The van der Waals surface area contributed by atoms with Crippen molar-refractivity contribution in [1.82, 2.24) is 5.32 Å². The molecule has 27 heavy (non-hydrogen) atoms. The van der Waals surface area contributed by atoms with Gasteiger partial charge in [0.1, 0.15) is 23.9 Å². The Morgan fingerprint density at radius 3 is 2.59 bits per heavy atom. The fraction of sp³-hybridized carbons (Fsp3) is 0.941. The summed E-state index contributed by atoms with van der Waals surface area (Å²) in [6, 6.07) is -2.20. The van der Waals surface area contributed by atoms with E-state index in [1.54, 1.807) is 0 Å². The van der Waals surface area contributed by atoms with Crippen molar-refractivity contribution in [1.29, 1.82) is 0 Å². The van der Waals surface area contributed by atoms with Gasteiger partial charge < -0.3 is 47.7 Å². The van der Waals surface area contributed by atoms with E-state index in [0.717, 1.165) is 12.8 Å². The molecule has 1 spiro atoms. The van der Waals surface area contributed by atoms with Crippen molar-refractivity contribution in [3.63, 3.8) is 0 Å². The van der Waals surface area contributed by atoms with Crippen LogP contribution in [0.5, 0.6) is 0 Å². The molecule has 2 rings (SSSR count). The molecule has 0 bridgehead atoms. The summed E-state index contributed by atoms with van der Waals surface area (Å²) < 4.78 is 5.68. The lowest BCUT2D eigenvalue weighted by molar-refractivity contribution is -0.202. The molecule has 0 radical (unpaired) electrons. The zero-order chi connectivity index (χ0) is 20.2. The molecule has 1 amide bonds. The first kappa shape index (κ1) is 22.4. The fourth-order valence-corrected chi connectivity index (χ4v) is 3.93. The van der Waals surface area contributed by atoms with E-state index in [1.165, 1.54) is 0 Å². The number of unbranched alkanes of at least 4 members (excludes halogenated alkanes) is 1. The molecular formula is C17H34N4O6. The van der Waals surface area contributed by atoms with Crippen molar-refractivity contribution < 1.29 is 30.0 Å². The highest BCUT2D eigenvalue weighted by molar-refractivity contribution is 5.81. The van der Waals surface area contributed by atoms with Gasteiger partial charge >= 0.3 is 0 Å². The van der Waals surface area contributed by atoms with Crippen LogP contribution in [0.2, 0.25) is 0 Å². The summed E-state index contributed by atoms with van der Waals surface area (Å²) in [5.41, 5.74) is 16.2. The first-order valence-corrected chi connectivity index (χ1v) is 9.60. The van der Waals surface area contributed by atoms with Gasteiger partial charge in [-0.1, -0.05) is 6.42 Å². The van der Waals surface area contributed by atoms with Crippen molar-refractivity contribution in [3.8, 4) is 0 Å². The van der Waals surface area contributed by atoms with Gasteiger partial charge in [0.25, 0.3) is 0 Å². The molecule has 0 unspecified atom stereocenters. The summed E-state index contributed by atoms with van der Waals surface area (Å²) in [5, 5.41) is 43.6.